The fraction of sp³-hybridized carbons (Fsp3) is 0.0526. The molecule has 0 atom stereocenters. The standard InChI is InChI=1S/C19H14FN5/c20-14-8-6-13(7-9-14)16-11-22-18-17(23-16)15(24-19(21)25-18)10-12-4-2-1-3-5-12/h1-9,11H,10H2,(H2,21,22,24,25). The first kappa shape index (κ1) is 15.1. The Kier molecular flexibility index (Phi) is 3.78. The van der Waals surface area contributed by atoms with E-state index in [1.807, 2.05) is 30.3 Å². The van der Waals surface area contributed by atoms with Crippen molar-refractivity contribution in [1.82, 2.24) is 19.9 Å². The molecule has 0 unspecified atom stereocenters. The number of anilines is 1. The van der Waals surface area contributed by atoms with Crippen molar-refractivity contribution < 1.29 is 4.39 Å². The van der Waals surface area contributed by atoms with Gasteiger partial charge in [0.15, 0.2) is 5.65 Å². The Morgan fingerprint density at radius 2 is 1.64 bits per heavy atom. The summed E-state index contributed by atoms with van der Waals surface area (Å²) >= 11 is 0. The van der Waals surface area contributed by atoms with Crippen LogP contribution in [0.4, 0.5) is 10.3 Å². The molecular formula is C19H14FN5. The molecule has 6 heteroatoms. The van der Waals surface area contributed by atoms with E-state index in [1.165, 1.54) is 12.1 Å². The molecule has 0 spiro atoms. The zero-order valence-corrected chi connectivity index (χ0v) is 13.2. The van der Waals surface area contributed by atoms with Gasteiger partial charge < -0.3 is 5.73 Å². The summed E-state index contributed by atoms with van der Waals surface area (Å²) in [6.07, 6.45) is 2.18. The maximum absolute atomic E-state index is 13.1. The molecule has 0 saturated carbocycles. The first-order valence-corrected chi connectivity index (χ1v) is 7.78. The summed E-state index contributed by atoms with van der Waals surface area (Å²) in [5, 5.41) is 0. The van der Waals surface area contributed by atoms with Crippen molar-refractivity contribution in [1.29, 1.82) is 0 Å². The van der Waals surface area contributed by atoms with E-state index in [0.717, 1.165) is 11.1 Å². The van der Waals surface area contributed by atoms with Gasteiger partial charge in [-0.3, -0.25) is 0 Å². The van der Waals surface area contributed by atoms with E-state index < -0.39 is 0 Å². The molecule has 4 aromatic rings. The summed E-state index contributed by atoms with van der Waals surface area (Å²) in [5.41, 5.74) is 10.1. The lowest BCUT2D eigenvalue weighted by atomic mass is 10.1. The predicted molar refractivity (Wildman–Crippen MR) is 94.2 cm³/mol. The molecule has 2 N–H and O–H groups in total. The highest BCUT2D eigenvalue weighted by molar-refractivity contribution is 5.77. The van der Waals surface area contributed by atoms with Crippen LogP contribution in [0.5, 0.6) is 0 Å². The minimum atomic E-state index is -0.293. The molecule has 0 aliphatic rings. The van der Waals surface area contributed by atoms with Crippen LogP contribution in [-0.2, 0) is 6.42 Å². The van der Waals surface area contributed by atoms with Crippen molar-refractivity contribution in [3.63, 3.8) is 0 Å². The second kappa shape index (κ2) is 6.24. The second-order valence-corrected chi connectivity index (χ2v) is 5.63. The number of nitrogen functional groups attached to an aromatic ring is 1. The highest BCUT2D eigenvalue weighted by Gasteiger charge is 2.12. The molecular weight excluding hydrogens is 317 g/mol. The largest absolute Gasteiger partial charge is 0.368 e. The molecule has 0 radical (unpaired) electrons. The van der Waals surface area contributed by atoms with Gasteiger partial charge in [0, 0.05) is 12.0 Å². The van der Waals surface area contributed by atoms with Gasteiger partial charge >= 0.3 is 0 Å². The van der Waals surface area contributed by atoms with Crippen molar-refractivity contribution >= 4 is 17.1 Å². The average Bonchev–Trinajstić information content (AvgIpc) is 2.63. The molecule has 0 saturated heterocycles. The highest BCUT2D eigenvalue weighted by Crippen LogP contribution is 2.22. The Morgan fingerprint density at radius 1 is 0.880 bits per heavy atom. The average molecular weight is 331 g/mol. The lowest BCUT2D eigenvalue weighted by Crippen LogP contribution is -2.04. The molecule has 0 bridgehead atoms. The van der Waals surface area contributed by atoms with Gasteiger partial charge in [0.1, 0.15) is 11.3 Å². The molecule has 2 aromatic carbocycles. The number of nitrogens with two attached hydrogens (primary N) is 1. The highest BCUT2D eigenvalue weighted by atomic mass is 19.1. The van der Waals surface area contributed by atoms with Crippen LogP contribution in [0.3, 0.4) is 0 Å². The van der Waals surface area contributed by atoms with Crippen LogP contribution in [0.15, 0.2) is 60.8 Å². The quantitative estimate of drug-likeness (QED) is 0.622. The summed E-state index contributed by atoms with van der Waals surface area (Å²) in [6, 6.07) is 16.1. The molecule has 0 amide bonds. The molecule has 4 rings (SSSR count). The maximum Gasteiger partial charge on any atom is 0.222 e. The van der Waals surface area contributed by atoms with Crippen molar-refractivity contribution in [2.45, 2.75) is 6.42 Å². The van der Waals surface area contributed by atoms with Crippen LogP contribution in [0, 0.1) is 5.82 Å². The van der Waals surface area contributed by atoms with Gasteiger partial charge in [-0.2, -0.15) is 4.98 Å². The molecule has 5 nitrogen and oxygen atoms in total. The van der Waals surface area contributed by atoms with Crippen molar-refractivity contribution in [3.05, 3.63) is 77.9 Å². The van der Waals surface area contributed by atoms with Gasteiger partial charge in [-0.15, -0.1) is 0 Å². The molecule has 25 heavy (non-hydrogen) atoms. The normalized spacial score (nSPS) is 10.9. The van der Waals surface area contributed by atoms with Crippen LogP contribution in [0.2, 0.25) is 0 Å². The zero-order chi connectivity index (χ0) is 17.2. The van der Waals surface area contributed by atoms with Gasteiger partial charge in [-0.1, -0.05) is 30.3 Å². The molecule has 0 aliphatic heterocycles. The number of benzene rings is 2. The molecule has 0 aliphatic carbocycles. The number of nitrogens with zero attached hydrogens (tertiary/aromatic N) is 4. The van der Waals surface area contributed by atoms with E-state index in [4.69, 9.17) is 5.73 Å². The Bertz CT molecular complexity index is 1030. The van der Waals surface area contributed by atoms with Crippen LogP contribution in [-0.4, -0.2) is 19.9 Å². The van der Waals surface area contributed by atoms with E-state index in [2.05, 4.69) is 19.9 Å². The molecule has 2 heterocycles. The van der Waals surface area contributed by atoms with E-state index in [-0.39, 0.29) is 11.8 Å². The minimum absolute atomic E-state index is 0.169. The van der Waals surface area contributed by atoms with Gasteiger partial charge in [0.05, 0.1) is 17.6 Å². The minimum Gasteiger partial charge on any atom is -0.368 e. The lowest BCUT2D eigenvalue weighted by Gasteiger charge is -2.08. The topological polar surface area (TPSA) is 77.6 Å². The van der Waals surface area contributed by atoms with Crippen LogP contribution in [0.1, 0.15) is 11.3 Å². The van der Waals surface area contributed by atoms with Gasteiger partial charge in [0.2, 0.25) is 5.95 Å². The lowest BCUT2D eigenvalue weighted by molar-refractivity contribution is 0.628. The summed E-state index contributed by atoms with van der Waals surface area (Å²) in [4.78, 5) is 17.5. The van der Waals surface area contributed by atoms with Gasteiger partial charge in [-0.25, -0.2) is 19.3 Å². The number of fused-ring (bicyclic) bond motifs is 1. The fourth-order valence-corrected chi connectivity index (χ4v) is 2.66. The summed E-state index contributed by atoms with van der Waals surface area (Å²) in [6.45, 7) is 0. The Balaban J connectivity index is 1.83. The van der Waals surface area contributed by atoms with Gasteiger partial charge in [-0.05, 0) is 29.8 Å². The smallest absolute Gasteiger partial charge is 0.222 e. The number of hydrogen-bond acceptors (Lipinski definition) is 5. The monoisotopic (exact) mass is 331 g/mol. The Morgan fingerprint density at radius 3 is 2.40 bits per heavy atom. The van der Waals surface area contributed by atoms with Gasteiger partial charge in [0.25, 0.3) is 0 Å². The summed E-state index contributed by atoms with van der Waals surface area (Å²) < 4.78 is 13.1. The molecule has 2 aromatic heterocycles. The molecule has 0 fully saturated rings. The van der Waals surface area contributed by atoms with Crippen molar-refractivity contribution in [3.8, 4) is 11.3 Å². The third-order valence-corrected chi connectivity index (χ3v) is 3.85. The number of aromatic nitrogens is 4. The number of rotatable bonds is 3. The zero-order valence-electron chi connectivity index (χ0n) is 13.2. The second-order valence-electron chi connectivity index (χ2n) is 5.63. The predicted octanol–water partition coefficient (Wildman–Crippen LogP) is 3.40. The van der Waals surface area contributed by atoms with Crippen LogP contribution >= 0.6 is 0 Å². The Labute approximate surface area is 143 Å². The van der Waals surface area contributed by atoms with Crippen LogP contribution < -0.4 is 5.73 Å². The summed E-state index contributed by atoms with van der Waals surface area (Å²) in [5.74, 6) is -0.124. The van der Waals surface area contributed by atoms with E-state index in [1.54, 1.807) is 18.3 Å². The van der Waals surface area contributed by atoms with E-state index in [9.17, 15) is 4.39 Å². The number of hydrogen-bond donors (Lipinski definition) is 1. The van der Waals surface area contributed by atoms with E-state index in [0.29, 0.717) is 29.0 Å². The van der Waals surface area contributed by atoms with E-state index >= 15 is 0 Å². The summed E-state index contributed by atoms with van der Waals surface area (Å²) in [7, 11) is 0. The van der Waals surface area contributed by atoms with Crippen LogP contribution in [0.25, 0.3) is 22.4 Å². The third-order valence-electron chi connectivity index (χ3n) is 3.85. The molecule has 122 valence electrons. The SMILES string of the molecule is Nc1nc(Cc2ccccc2)c2nc(-c3ccc(F)cc3)cnc2n1. The number of halogens is 1. The first-order chi connectivity index (χ1) is 12.2. The maximum atomic E-state index is 13.1. The fourth-order valence-electron chi connectivity index (χ4n) is 2.66. The third kappa shape index (κ3) is 3.14. The van der Waals surface area contributed by atoms with Crippen molar-refractivity contribution in [2.24, 2.45) is 0 Å². The van der Waals surface area contributed by atoms with Crippen molar-refractivity contribution in [2.75, 3.05) is 5.73 Å². The first-order valence-electron chi connectivity index (χ1n) is 7.78. The Hall–Kier alpha value is -3.41.